The Bertz CT molecular complexity index is 738. The maximum Gasteiger partial charge on any atom is 0.278 e. The molecule has 1 saturated heterocycles. The lowest BCUT2D eigenvalue weighted by Crippen LogP contribution is -2.34. The molecule has 2 aromatic rings. The number of likely N-dealkylation sites (tertiary alicyclic amines) is 1. The summed E-state index contributed by atoms with van der Waals surface area (Å²) in [4.78, 5) is 22.3. The van der Waals surface area contributed by atoms with Gasteiger partial charge in [-0.1, -0.05) is 18.2 Å². The number of amides is 1. The van der Waals surface area contributed by atoms with E-state index in [1.807, 2.05) is 31.2 Å². The number of nitrogens with zero attached hydrogens (tertiary/aromatic N) is 3. The van der Waals surface area contributed by atoms with Crippen molar-refractivity contribution in [3.63, 3.8) is 0 Å². The van der Waals surface area contributed by atoms with Crippen LogP contribution in [-0.4, -0.2) is 53.7 Å². The van der Waals surface area contributed by atoms with Gasteiger partial charge in [0.2, 0.25) is 0 Å². The van der Waals surface area contributed by atoms with Crippen LogP contribution < -0.4 is 14.2 Å². The first-order valence-electron chi connectivity index (χ1n) is 8.15. The number of aromatic nitrogens is 2. The van der Waals surface area contributed by atoms with E-state index in [0.29, 0.717) is 24.8 Å². The number of carbonyl (C=O) groups is 1. The van der Waals surface area contributed by atoms with Gasteiger partial charge in [-0.15, -0.1) is 0 Å². The normalized spacial score (nSPS) is 16.6. The summed E-state index contributed by atoms with van der Waals surface area (Å²) in [6.45, 7) is 3.10. The van der Waals surface area contributed by atoms with Crippen molar-refractivity contribution in [2.45, 2.75) is 19.4 Å². The second-order valence-electron chi connectivity index (χ2n) is 5.79. The van der Waals surface area contributed by atoms with Crippen LogP contribution in [-0.2, 0) is 4.79 Å². The number of hydrogen-bond donors (Lipinski definition) is 0. The van der Waals surface area contributed by atoms with Gasteiger partial charge >= 0.3 is 0 Å². The zero-order valence-corrected chi connectivity index (χ0v) is 14.3. The maximum absolute atomic E-state index is 12.3. The fourth-order valence-electron chi connectivity index (χ4n) is 2.69. The molecule has 1 aromatic heterocycles. The van der Waals surface area contributed by atoms with Crippen molar-refractivity contribution in [3.8, 4) is 17.5 Å². The molecule has 1 fully saturated rings. The molecule has 1 amide bonds. The number of methoxy groups -OCH3 is 1. The molecule has 7 heteroatoms. The van der Waals surface area contributed by atoms with Crippen molar-refractivity contribution in [3.05, 3.63) is 42.2 Å². The molecular formula is C18H21N3O4. The predicted octanol–water partition coefficient (Wildman–Crippen LogP) is 1.85. The number of hydrogen-bond acceptors (Lipinski definition) is 6. The number of aryl methyl sites for hydroxylation is 1. The van der Waals surface area contributed by atoms with Crippen LogP contribution in [0.1, 0.15) is 12.0 Å². The molecule has 3 rings (SSSR count). The van der Waals surface area contributed by atoms with Gasteiger partial charge in [0.25, 0.3) is 17.7 Å². The molecule has 0 N–H and O–H groups in total. The van der Waals surface area contributed by atoms with Crippen LogP contribution >= 0.6 is 0 Å². The molecule has 1 aliphatic heterocycles. The zero-order chi connectivity index (χ0) is 17.6. The van der Waals surface area contributed by atoms with Crippen molar-refractivity contribution in [1.29, 1.82) is 0 Å². The Morgan fingerprint density at radius 2 is 2.00 bits per heavy atom. The second kappa shape index (κ2) is 7.83. The van der Waals surface area contributed by atoms with E-state index >= 15 is 0 Å². The van der Waals surface area contributed by atoms with Gasteiger partial charge in [0.05, 0.1) is 13.7 Å². The van der Waals surface area contributed by atoms with Gasteiger partial charge in [0.15, 0.2) is 6.61 Å². The van der Waals surface area contributed by atoms with E-state index in [2.05, 4.69) is 9.97 Å². The van der Waals surface area contributed by atoms with Crippen LogP contribution in [0.25, 0.3) is 0 Å². The zero-order valence-electron chi connectivity index (χ0n) is 14.3. The van der Waals surface area contributed by atoms with Gasteiger partial charge in [-0.2, -0.15) is 0 Å². The predicted molar refractivity (Wildman–Crippen MR) is 90.9 cm³/mol. The van der Waals surface area contributed by atoms with Crippen LogP contribution in [0.2, 0.25) is 0 Å². The van der Waals surface area contributed by atoms with Gasteiger partial charge in [-0.05, 0) is 18.6 Å². The summed E-state index contributed by atoms with van der Waals surface area (Å²) in [5.41, 5.74) is 1.01. The first-order valence-corrected chi connectivity index (χ1v) is 8.15. The first kappa shape index (κ1) is 17.0. The molecule has 132 valence electrons. The lowest BCUT2D eigenvalue weighted by atomic mass is 10.2. The molecule has 1 aromatic carbocycles. The summed E-state index contributed by atoms with van der Waals surface area (Å²) in [5, 5.41) is 0. The Balaban J connectivity index is 1.52. The van der Waals surface area contributed by atoms with Crippen molar-refractivity contribution in [2.24, 2.45) is 0 Å². The van der Waals surface area contributed by atoms with E-state index in [4.69, 9.17) is 14.2 Å². The summed E-state index contributed by atoms with van der Waals surface area (Å²) in [6, 6.07) is 7.64. The topological polar surface area (TPSA) is 73.8 Å². The maximum atomic E-state index is 12.3. The lowest BCUT2D eigenvalue weighted by Gasteiger charge is -2.18. The van der Waals surface area contributed by atoms with Gasteiger partial charge < -0.3 is 19.1 Å². The monoisotopic (exact) mass is 343 g/mol. The van der Waals surface area contributed by atoms with Crippen LogP contribution in [0, 0.1) is 6.92 Å². The van der Waals surface area contributed by atoms with E-state index in [0.717, 1.165) is 17.7 Å². The number of benzene rings is 1. The molecule has 7 nitrogen and oxygen atoms in total. The molecule has 0 spiro atoms. The Labute approximate surface area is 146 Å². The Morgan fingerprint density at radius 3 is 2.76 bits per heavy atom. The molecule has 1 atom stereocenters. The number of rotatable bonds is 6. The summed E-state index contributed by atoms with van der Waals surface area (Å²) < 4.78 is 16.6. The summed E-state index contributed by atoms with van der Waals surface area (Å²) in [6.07, 6.45) is 3.69. The minimum absolute atomic E-state index is 0.0199. The lowest BCUT2D eigenvalue weighted by molar-refractivity contribution is -0.132. The molecule has 0 aliphatic carbocycles. The SMILES string of the molecule is COc1nccnc1OC1CCN(C(=O)COc2ccccc2C)C1. The Hall–Kier alpha value is -2.83. The molecule has 1 unspecified atom stereocenters. The molecule has 25 heavy (non-hydrogen) atoms. The highest BCUT2D eigenvalue weighted by molar-refractivity contribution is 5.78. The highest BCUT2D eigenvalue weighted by Gasteiger charge is 2.29. The van der Waals surface area contributed by atoms with Crippen molar-refractivity contribution in [2.75, 3.05) is 26.8 Å². The standard InChI is InChI=1S/C18H21N3O4/c1-13-5-3-4-6-15(13)24-12-16(22)21-10-7-14(11-21)25-18-17(23-2)19-8-9-20-18/h3-6,8-9,14H,7,10-12H2,1-2H3. The molecule has 1 aliphatic rings. The quantitative estimate of drug-likeness (QED) is 0.797. The molecule has 0 bridgehead atoms. The van der Waals surface area contributed by atoms with Crippen LogP contribution in [0.3, 0.4) is 0 Å². The van der Waals surface area contributed by atoms with Crippen LogP contribution in [0.5, 0.6) is 17.5 Å². The van der Waals surface area contributed by atoms with E-state index in [-0.39, 0.29) is 18.6 Å². The fourth-order valence-corrected chi connectivity index (χ4v) is 2.69. The Morgan fingerprint density at radius 1 is 1.24 bits per heavy atom. The molecule has 0 saturated carbocycles. The largest absolute Gasteiger partial charge is 0.484 e. The van der Waals surface area contributed by atoms with Crippen molar-refractivity contribution < 1.29 is 19.0 Å². The fraction of sp³-hybridized carbons (Fsp3) is 0.389. The van der Waals surface area contributed by atoms with Gasteiger partial charge in [-0.25, -0.2) is 9.97 Å². The van der Waals surface area contributed by atoms with E-state index in [1.54, 1.807) is 17.3 Å². The average molecular weight is 343 g/mol. The smallest absolute Gasteiger partial charge is 0.278 e. The highest BCUT2D eigenvalue weighted by Crippen LogP contribution is 2.24. The average Bonchev–Trinajstić information content (AvgIpc) is 3.10. The third-order valence-corrected chi connectivity index (χ3v) is 4.05. The summed E-state index contributed by atoms with van der Waals surface area (Å²) >= 11 is 0. The number of carbonyl (C=O) groups excluding carboxylic acids is 1. The van der Waals surface area contributed by atoms with E-state index in [1.165, 1.54) is 7.11 Å². The van der Waals surface area contributed by atoms with Crippen molar-refractivity contribution in [1.82, 2.24) is 14.9 Å². The molecular weight excluding hydrogens is 322 g/mol. The molecule has 0 radical (unpaired) electrons. The molecule has 2 heterocycles. The summed E-state index contributed by atoms with van der Waals surface area (Å²) in [5.74, 6) is 1.36. The third kappa shape index (κ3) is 4.17. The minimum atomic E-state index is -0.131. The summed E-state index contributed by atoms with van der Waals surface area (Å²) in [7, 11) is 1.52. The highest BCUT2D eigenvalue weighted by atomic mass is 16.5. The van der Waals surface area contributed by atoms with Gasteiger partial charge in [0, 0.05) is 25.4 Å². The first-order chi connectivity index (χ1) is 12.2. The second-order valence-corrected chi connectivity index (χ2v) is 5.79. The van der Waals surface area contributed by atoms with E-state index < -0.39 is 0 Å². The number of ether oxygens (including phenoxy) is 3. The van der Waals surface area contributed by atoms with Crippen LogP contribution in [0.15, 0.2) is 36.7 Å². The van der Waals surface area contributed by atoms with Crippen molar-refractivity contribution >= 4 is 5.91 Å². The minimum Gasteiger partial charge on any atom is -0.484 e. The number of para-hydroxylation sites is 1. The van der Waals surface area contributed by atoms with Gasteiger partial charge in [-0.3, -0.25) is 4.79 Å². The Kier molecular flexibility index (Phi) is 5.33. The third-order valence-electron chi connectivity index (χ3n) is 4.05. The van der Waals surface area contributed by atoms with E-state index in [9.17, 15) is 4.79 Å². The van der Waals surface area contributed by atoms with Gasteiger partial charge in [0.1, 0.15) is 11.9 Å². The van der Waals surface area contributed by atoms with Crippen LogP contribution in [0.4, 0.5) is 0 Å².